The molecular weight excluding hydrogens is 344 g/mol. The first-order chi connectivity index (χ1) is 13.5. The van der Waals surface area contributed by atoms with Crippen LogP contribution in [0.3, 0.4) is 0 Å². The van der Waals surface area contributed by atoms with Gasteiger partial charge in [-0.2, -0.15) is 0 Å². The number of nitrogens with one attached hydrogen (secondary N) is 1. The van der Waals surface area contributed by atoms with Gasteiger partial charge in [0, 0.05) is 32.7 Å². The van der Waals surface area contributed by atoms with Crippen molar-refractivity contribution in [1.29, 1.82) is 0 Å². The molecule has 1 saturated carbocycles. The Labute approximate surface area is 170 Å². The molecule has 3 heteroatoms. The van der Waals surface area contributed by atoms with Crippen molar-refractivity contribution in [2.24, 2.45) is 11.3 Å². The Morgan fingerprint density at radius 2 is 1.75 bits per heavy atom. The Hall–Kier alpha value is -1.58. The molecule has 0 atom stereocenters. The lowest BCUT2D eigenvalue weighted by molar-refractivity contribution is 0.0883. The maximum absolute atomic E-state index is 6.36. The first-order valence-electron chi connectivity index (χ1n) is 10.9. The average Bonchev–Trinajstić information content (AvgIpc) is 2.69. The number of ether oxygens (including phenoxy) is 1. The summed E-state index contributed by atoms with van der Waals surface area (Å²) in [5.74, 6) is 1.85. The standard InChI is InChI=1S/C25H35N2O/c1-25(2,3)22-7-10-23(11-8-22)28-24-9-6-20-16-19(4-5-21(20)17-24)18-27-14-12-26-13-15-27/h4-6,9,12,16-17,22-23,26H,7-8,10-11,13-15,18H2,1-3H3. The summed E-state index contributed by atoms with van der Waals surface area (Å²) in [6.45, 7) is 13.5. The molecule has 1 heterocycles. The fourth-order valence-electron chi connectivity index (χ4n) is 4.70. The van der Waals surface area contributed by atoms with Crippen LogP contribution in [0.2, 0.25) is 0 Å². The van der Waals surface area contributed by atoms with Crippen LogP contribution < -0.4 is 10.1 Å². The van der Waals surface area contributed by atoms with Crippen molar-refractivity contribution in [3.8, 4) is 5.75 Å². The number of hydrogen-bond donors (Lipinski definition) is 1. The molecule has 1 aliphatic heterocycles. The minimum absolute atomic E-state index is 0.374. The molecular formula is C25H35N2O. The minimum Gasteiger partial charge on any atom is -0.490 e. The van der Waals surface area contributed by atoms with E-state index in [4.69, 9.17) is 4.74 Å². The van der Waals surface area contributed by atoms with Gasteiger partial charge in [-0.25, -0.2) is 0 Å². The van der Waals surface area contributed by atoms with Crippen LogP contribution in [0.4, 0.5) is 0 Å². The molecule has 4 rings (SSSR count). The summed E-state index contributed by atoms with van der Waals surface area (Å²) >= 11 is 0. The fourth-order valence-corrected chi connectivity index (χ4v) is 4.70. The van der Waals surface area contributed by atoms with Gasteiger partial charge in [0.05, 0.1) is 6.10 Å². The number of piperazine rings is 1. The van der Waals surface area contributed by atoms with Crippen molar-refractivity contribution in [3.63, 3.8) is 0 Å². The summed E-state index contributed by atoms with van der Waals surface area (Å²) in [4.78, 5) is 2.48. The zero-order valence-corrected chi connectivity index (χ0v) is 17.7. The lowest BCUT2D eigenvalue weighted by atomic mass is 9.72. The van der Waals surface area contributed by atoms with Crippen molar-refractivity contribution < 1.29 is 4.74 Å². The van der Waals surface area contributed by atoms with Crippen LogP contribution in [0.5, 0.6) is 5.75 Å². The summed E-state index contributed by atoms with van der Waals surface area (Å²) in [7, 11) is 0. The molecule has 151 valence electrons. The monoisotopic (exact) mass is 379 g/mol. The molecule has 1 aliphatic carbocycles. The number of fused-ring (bicyclic) bond motifs is 1. The molecule has 2 aliphatic rings. The smallest absolute Gasteiger partial charge is 0.120 e. The minimum atomic E-state index is 0.374. The third-order valence-corrected chi connectivity index (χ3v) is 6.55. The molecule has 0 unspecified atom stereocenters. The van der Waals surface area contributed by atoms with Crippen LogP contribution in [0.25, 0.3) is 10.8 Å². The third-order valence-electron chi connectivity index (χ3n) is 6.55. The van der Waals surface area contributed by atoms with E-state index in [2.05, 4.69) is 73.9 Å². The molecule has 1 saturated heterocycles. The van der Waals surface area contributed by atoms with Crippen LogP contribution in [0, 0.1) is 17.9 Å². The Morgan fingerprint density at radius 1 is 1.00 bits per heavy atom. The van der Waals surface area contributed by atoms with Crippen molar-refractivity contribution in [2.75, 3.05) is 19.6 Å². The van der Waals surface area contributed by atoms with Gasteiger partial charge in [-0.05, 0) is 71.6 Å². The Morgan fingerprint density at radius 3 is 2.46 bits per heavy atom. The van der Waals surface area contributed by atoms with Crippen molar-refractivity contribution >= 4 is 10.8 Å². The Bertz CT molecular complexity index is 781. The van der Waals surface area contributed by atoms with E-state index in [1.165, 1.54) is 42.0 Å². The highest BCUT2D eigenvalue weighted by atomic mass is 16.5. The van der Waals surface area contributed by atoms with Gasteiger partial charge in [-0.1, -0.05) is 39.0 Å². The van der Waals surface area contributed by atoms with Gasteiger partial charge in [0.2, 0.25) is 0 Å². The second-order valence-corrected chi connectivity index (χ2v) is 9.69. The normalized spacial score (nSPS) is 24.4. The van der Waals surface area contributed by atoms with Gasteiger partial charge in [0.15, 0.2) is 0 Å². The highest BCUT2D eigenvalue weighted by Gasteiger charge is 2.30. The van der Waals surface area contributed by atoms with E-state index >= 15 is 0 Å². The fraction of sp³-hybridized carbons (Fsp3) is 0.560. The van der Waals surface area contributed by atoms with Crippen LogP contribution in [-0.2, 0) is 6.54 Å². The Balaban J connectivity index is 1.37. The highest BCUT2D eigenvalue weighted by molar-refractivity contribution is 5.84. The lowest BCUT2D eigenvalue weighted by Gasteiger charge is -2.37. The van der Waals surface area contributed by atoms with Crippen molar-refractivity contribution in [3.05, 3.63) is 48.5 Å². The largest absolute Gasteiger partial charge is 0.490 e. The van der Waals surface area contributed by atoms with E-state index < -0.39 is 0 Å². The topological polar surface area (TPSA) is 24.5 Å². The molecule has 3 nitrogen and oxygen atoms in total. The van der Waals surface area contributed by atoms with E-state index in [0.717, 1.165) is 37.8 Å². The van der Waals surface area contributed by atoms with Crippen LogP contribution in [0.15, 0.2) is 36.4 Å². The van der Waals surface area contributed by atoms with E-state index in [9.17, 15) is 0 Å². The van der Waals surface area contributed by atoms with Crippen molar-refractivity contribution in [2.45, 2.75) is 59.1 Å². The maximum atomic E-state index is 6.36. The van der Waals surface area contributed by atoms with Crippen molar-refractivity contribution in [1.82, 2.24) is 10.2 Å². The molecule has 1 radical (unpaired) electrons. The molecule has 0 aromatic heterocycles. The lowest BCUT2D eigenvalue weighted by Crippen LogP contribution is -2.39. The number of benzene rings is 2. The SMILES string of the molecule is CC(C)(C)C1CCC(Oc2ccc3cc(CN4C[CH]NCC4)ccc3c2)CC1. The Kier molecular flexibility index (Phi) is 5.93. The van der Waals surface area contributed by atoms with Gasteiger partial charge < -0.3 is 10.1 Å². The van der Waals surface area contributed by atoms with Gasteiger partial charge >= 0.3 is 0 Å². The molecule has 0 spiro atoms. The molecule has 0 bridgehead atoms. The van der Waals surface area contributed by atoms with Gasteiger partial charge in [-0.3, -0.25) is 4.90 Å². The zero-order valence-electron chi connectivity index (χ0n) is 17.7. The number of nitrogens with zero attached hydrogens (tertiary/aromatic N) is 1. The third kappa shape index (κ3) is 4.87. The molecule has 1 N–H and O–H groups in total. The van der Waals surface area contributed by atoms with Gasteiger partial charge in [-0.15, -0.1) is 0 Å². The van der Waals surface area contributed by atoms with Gasteiger partial charge in [0.1, 0.15) is 5.75 Å². The van der Waals surface area contributed by atoms with E-state index in [0.29, 0.717) is 11.5 Å². The summed E-state index contributed by atoms with van der Waals surface area (Å²) < 4.78 is 6.36. The molecule has 28 heavy (non-hydrogen) atoms. The van der Waals surface area contributed by atoms with E-state index in [1.54, 1.807) is 0 Å². The summed E-state index contributed by atoms with van der Waals surface area (Å²) in [6.07, 6.45) is 5.31. The highest BCUT2D eigenvalue weighted by Crippen LogP contribution is 2.39. The molecule has 2 fully saturated rings. The van der Waals surface area contributed by atoms with Crippen LogP contribution in [0.1, 0.15) is 52.0 Å². The molecule has 2 aromatic rings. The number of rotatable bonds is 4. The molecule has 2 aromatic carbocycles. The summed E-state index contributed by atoms with van der Waals surface area (Å²) in [5, 5.41) is 5.88. The zero-order chi connectivity index (χ0) is 19.6. The van der Waals surface area contributed by atoms with Crippen LogP contribution >= 0.6 is 0 Å². The predicted molar refractivity (Wildman–Crippen MR) is 117 cm³/mol. The van der Waals surface area contributed by atoms with Crippen LogP contribution in [-0.4, -0.2) is 30.6 Å². The second kappa shape index (κ2) is 8.42. The maximum Gasteiger partial charge on any atom is 0.120 e. The van der Waals surface area contributed by atoms with E-state index in [1.807, 2.05) is 0 Å². The first-order valence-corrected chi connectivity index (χ1v) is 10.9. The molecule has 0 amide bonds. The van der Waals surface area contributed by atoms with Gasteiger partial charge in [0.25, 0.3) is 0 Å². The number of hydrogen-bond acceptors (Lipinski definition) is 3. The average molecular weight is 380 g/mol. The predicted octanol–water partition coefficient (Wildman–Crippen LogP) is 5.39. The first kappa shape index (κ1) is 19.7. The summed E-state index contributed by atoms with van der Waals surface area (Å²) in [5.41, 5.74) is 1.81. The summed E-state index contributed by atoms with van der Waals surface area (Å²) in [6, 6.07) is 13.4. The quantitative estimate of drug-likeness (QED) is 0.771. The second-order valence-electron chi connectivity index (χ2n) is 9.69. The van der Waals surface area contributed by atoms with E-state index in [-0.39, 0.29) is 0 Å².